The van der Waals surface area contributed by atoms with Crippen LogP contribution in [0.5, 0.6) is 0 Å². The minimum Gasteiger partial charge on any atom is -0.481 e. The third-order valence-electron chi connectivity index (χ3n) is 8.00. The quantitative estimate of drug-likeness (QED) is 0.303. The van der Waals surface area contributed by atoms with Gasteiger partial charge in [-0.25, -0.2) is 4.98 Å². The minimum atomic E-state index is -0.709. The van der Waals surface area contributed by atoms with E-state index in [1.165, 1.54) is 0 Å². The fourth-order valence-corrected chi connectivity index (χ4v) is 5.94. The fourth-order valence-electron chi connectivity index (χ4n) is 5.94. The molecule has 8 heteroatoms. The number of carboxylic acids is 1. The molecule has 1 aliphatic heterocycles. The number of fused-ring (bicyclic) bond motifs is 3. The number of aliphatic imine (C=N–C) groups is 1. The molecule has 40 heavy (non-hydrogen) atoms. The smallest absolute Gasteiger partial charge is 0.303 e. The molecular formula is C32H38N6O2. The number of aromatic amines is 1. The molecule has 3 aromatic rings. The van der Waals surface area contributed by atoms with E-state index < -0.39 is 5.97 Å². The van der Waals surface area contributed by atoms with E-state index in [4.69, 9.17) is 15.1 Å². The number of aryl methyl sites for hydroxylation is 1. The van der Waals surface area contributed by atoms with Crippen molar-refractivity contribution in [1.29, 1.82) is 0 Å². The second kappa shape index (κ2) is 12.4. The fraction of sp³-hybridized carbons (Fsp3) is 0.406. The van der Waals surface area contributed by atoms with Gasteiger partial charge in [0.25, 0.3) is 0 Å². The van der Waals surface area contributed by atoms with E-state index in [0.717, 1.165) is 89.7 Å². The zero-order valence-corrected chi connectivity index (χ0v) is 23.4. The molecule has 208 valence electrons. The van der Waals surface area contributed by atoms with Crippen LogP contribution in [0.15, 0.2) is 65.9 Å². The molecule has 0 amide bonds. The van der Waals surface area contributed by atoms with Crippen molar-refractivity contribution in [2.75, 3.05) is 0 Å². The van der Waals surface area contributed by atoms with Crippen LogP contribution in [0.4, 0.5) is 0 Å². The largest absolute Gasteiger partial charge is 0.481 e. The van der Waals surface area contributed by atoms with Crippen molar-refractivity contribution in [2.24, 2.45) is 10.9 Å². The van der Waals surface area contributed by atoms with Crippen molar-refractivity contribution < 1.29 is 9.90 Å². The molecule has 5 rings (SSSR count). The first-order valence-corrected chi connectivity index (χ1v) is 14.3. The molecule has 1 unspecified atom stereocenters. The Bertz CT molecular complexity index is 1540. The Hall–Kier alpha value is -4.07. The van der Waals surface area contributed by atoms with Crippen LogP contribution >= 0.6 is 0 Å². The van der Waals surface area contributed by atoms with Crippen LogP contribution in [0, 0.1) is 12.8 Å². The van der Waals surface area contributed by atoms with E-state index in [2.05, 4.69) is 54.1 Å². The predicted octanol–water partition coefficient (Wildman–Crippen LogP) is 6.91. The van der Waals surface area contributed by atoms with Crippen molar-refractivity contribution in [2.45, 2.75) is 77.2 Å². The molecule has 0 radical (unpaired) electrons. The Labute approximate surface area is 235 Å². The average Bonchev–Trinajstić information content (AvgIpc) is 3.57. The van der Waals surface area contributed by atoms with Gasteiger partial charge in [0.05, 0.1) is 23.3 Å². The number of H-pyrrole nitrogens is 1. The maximum Gasteiger partial charge on any atom is 0.303 e. The van der Waals surface area contributed by atoms with Crippen LogP contribution in [-0.2, 0) is 4.79 Å². The van der Waals surface area contributed by atoms with E-state index >= 15 is 0 Å². The summed E-state index contributed by atoms with van der Waals surface area (Å²) in [7, 11) is 0. The highest BCUT2D eigenvalue weighted by atomic mass is 16.4. The molecule has 0 spiro atoms. The van der Waals surface area contributed by atoms with Crippen LogP contribution in [0.1, 0.15) is 81.2 Å². The number of carboxylic acid groups (broad SMARTS) is 1. The Morgan fingerprint density at radius 2 is 2.08 bits per heavy atom. The third kappa shape index (κ3) is 5.76. The number of allylic oxidation sites excluding steroid dienone is 6. The number of hydrogen-bond donors (Lipinski definition) is 2. The topological polar surface area (TPSA) is 109 Å². The molecule has 1 atom stereocenters. The van der Waals surface area contributed by atoms with Gasteiger partial charge in [0, 0.05) is 29.8 Å². The molecule has 0 saturated heterocycles. The Kier molecular flexibility index (Phi) is 8.53. The van der Waals surface area contributed by atoms with Crippen molar-refractivity contribution in [3.8, 4) is 0 Å². The molecule has 2 N–H and O–H groups in total. The molecule has 0 aromatic carbocycles. The zero-order valence-electron chi connectivity index (χ0n) is 23.4. The molecular weight excluding hydrogens is 500 g/mol. The monoisotopic (exact) mass is 538 g/mol. The second-order valence-corrected chi connectivity index (χ2v) is 10.8. The maximum absolute atomic E-state index is 11.2. The van der Waals surface area contributed by atoms with Gasteiger partial charge in [-0.15, -0.1) is 0 Å². The van der Waals surface area contributed by atoms with Gasteiger partial charge in [0.2, 0.25) is 0 Å². The average molecular weight is 539 g/mol. The summed E-state index contributed by atoms with van der Waals surface area (Å²) in [6, 6.07) is -0.0621. The lowest BCUT2D eigenvalue weighted by Gasteiger charge is -2.27. The van der Waals surface area contributed by atoms with E-state index in [1.54, 1.807) is 0 Å². The predicted molar refractivity (Wildman–Crippen MR) is 161 cm³/mol. The number of nitrogens with one attached hydrogen (secondary N) is 1. The first kappa shape index (κ1) is 27.5. The number of aliphatic carboxylic acids is 1. The molecule has 1 aliphatic carbocycles. The molecule has 3 aromatic heterocycles. The van der Waals surface area contributed by atoms with Crippen molar-refractivity contribution in [1.82, 2.24) is 24.8 Å². The SMILES string of the molecule is C=C/C=C(\C=C/CC)C1C=C/C=C(/c2cnn3c2nc(C2CCC(CC(=O)O)CC2)c2c(C)[nH]nc23)CCC=N1. The van der Waals surface area contributed by atoms with E-state index in [0.29, 0.717) is 0 Å². The Morgan fingerprint density at radius 3 is 2.83 bits per heavy atom. The molecule has 1 fully saturated rings. The third-order valence-corrected chi connectivity index (χ3v) is 8.00. The van der Waals surface area contributed by atoms with Crippen LogP contribution < -0.4 is 0 Å². The van der Waals surface area contributed by atoms with E-state index in [1.807, 2.05) is 36.0 Å². The van der Waals surface area contributed by atoms with Crippen molar-refractivity contribution >= 4 is 34.4 Å². The van der Waals surface area contributed by atoms with Crippen molar-refractivity contribution in [3.05, 3.63) is 77.8 Å². The maximum atomic E-state index is 11.2. The summed E-state index contributed by atoms with van der Waals surface area (Å²) >= 11 is 0. The van der Waals surface area contributed by atoms with Crippen LogP contribution in [0.25, 0.3) is 22.3 Å². The lowest BCUT2D eigenvalue weighted by Crippen LogP contribution is -2.17. The summed E-state index contributed by atoms with van der Waals surface area (Å²) in [4.78, 5) is 21.3. The summed E-state index contributed by atoms with van der Waals surface area (Å²) in [5.41, 5.74) is 6.91. The Morgan fingerprint density at radius 1 is 1.25 bits per heavy atom. The first-order valence-electron chi connectivity index (χ1n) is 14.3. The number of rotatable bonds is 8. The molecule has 4 heterocycles. The lowest BCUT2D eigenvalue weighted by atomic mass is 9.78. The standard InChI is InChI=1S/C32H38N6O2/c1-4-6-10-24(9-5-2)27-13-7-11-23(12-8-18-33-27)26-20-34-38-31(26)35-30(29-21(3)36-37-32(29)38)25-16-14-22(15-17-25)19-28(39)40/h5-7,9-11,13,18,20,22,25,27H,2,4,8,12,14-17,19H2,1,3H3,(H,36,37)(H,39,40)/b10-6-,13-7?,23-11+,24-9+,33-18?. The number of aromatic nitrogens is 5. The number of carbonyl (C=O) groups is 1. The molecule has 8 nitrogen and oxygen atoms in total. The zero-order chi connectivity index (χ0) is 28.1. The van der Waals surface area contributed by atoms with Crippen LogP contribution in [-0.4, -0.2) is 48.1 Å². The number of nitrogens with zero attached hydrogens (tertiary/aromatic N) is 5. The minimum absolute atomic E-state index is 0.0621. The van der Waals surface area contributed by atoms with Crippen LogP contribution in [0.2, 0.25) is 0 Å². The van der Waals surface area contributed by atoms with E-state index in [9.17, 15) is 9.90 Å². The van der Waals surface area contributed by atoms with Gasteiger partial charge < -0.3 is 5.11 Å². The highest BCUT2D eigenvalue weighted by Crippen LogP contribution is 2.40. The van der Waals surface area contributed by atoms with Crippen molar-refractivity contribution in [3.63, 3.8) is 0 Å². The van der Waals surface area contributed by atoms with E-state index in [-0.39, 0.29) is 24.3 Å². The van der Waals surface area contributed by atoms with Gasteiger partial charge in [-0.05, 0) is 68.9 Å². The molecule has 0 bridgehead atoms. The summed E-state index contributed by atoms with van der Waals surface area (Å²) in [6.07, 6.45) is 24.9. The van der Waals surface area contributed by atoms with Crippen LogP contribution in [0.3, 0.4) is 0 Å². The van der Waals surface area contributed by atoms with Gasteiger partial charge in [-0.3, -0.25) is 14.9 Å². The Balaban J connectivity index is 1.51. The van der Waals surface area contributed by atoms with Gasteiger partial charge >= 0.3 is 5.97 Å². The number of hydrogen-bond acceptors (Lipinski definition) is 5. The summed E-state index contributed by atoms with van der Waals surface area (Å²) in [5, 5.41) is 22.8. The summed E-state index contributed by atoms with van der Waals surface area (Å²) in [5.74, 6) is -0.200. The van der Waals surface area contributed by atoms with Gasteiger partial charge in [-0.2, -0.15) is 14.7 Å². The van der Waals surface area contributed by atoms with Gasteiger partial charge in [-0.1, -0.05) is 56.0 Å². The van der Waals surface area contributed by atoms with Gasteiger partial charge in [0.1, 0.15) is 0 Å². The van der Waals surface area contributed by atoms with Gasteiger partial charge in [0.15, 0.2) is 11.3 Å². The lowest BCUT2D eigenvalue weighted by molar-refractivity contribution is -0.138. The summed E-state index contributed by atoms with van der Waals surface area (Å²) in [6.45, 7) is 8.02. The first-order chi connectivity index (χ1) is 19.5. The second-order valence-electron chi connectivity index (χ2n) is 10.8. The molecule has 1 saturated carbocycles. The summed E-state index contributed by atoms with van der Waals surface area (Å²) < 4.78 is 1.85. The highest BCUT2D eigenvalue weighted by Gasteiger charge is 2.29. The highest BCUT2D eigenvalue weighted by molar-refractivity contribution is 5.87. The molecule has 2 aliphatic rings. The normalized spacial score (nSPS) is 23.7.